The second-order valence-corrected chi connectivity index (χ2v) is 5.80. The average molecular weight is 357 g/mol. The van der Waals surface area contributed by atoms with Crippen LogP contribution in [0, 0.1) is 0 Å². The molecule has 2 rings (SSSR count). The normalized spacial score (nSPS) is 11.8. The third-order valence-electron chi connectivity index (χ3n) is 3.40. The first-order chi connectivity index (χ1) is 9.92. The molecule has 0 atom stereocenters. The molecule has 1 N–H and O–H groups in total. The van der Waals surface area contributed by atoms with Crippen LogP contribution in [0.15, 0.2) is 40.9 Å². The van der Waals surface area contributed by atoms with E-state index in [-0.39, 0.29) is 31.2 Å². The van der Waals surface area contributed by atoms with E-state index in [1.165, 1.54) is 6.07 Å². The minimum atomic E-state index is -2.96. The number of benzene rings is 2. The van der Waals surface area contributed by atoms with Crippen molar-refractivity contribution >= 4 is 32.7 Å². The molecule has 0 amide bonds. The highest BCUT2D eigenvalue weighted by Gasteiger charge is 2.32. The van der Waals surface area contributed by atoms with Gasteiger partial charge in [-0.05, 0) is 29.7 Å². The van der Waals surface area contributed by atoms with Gasteiger partial charge in [-0.2, -0.15) is 0 Å². The maximum Gasteiger partial charge on any atom is 0.303 e. The lowest BCUT2D eigenvalue weighted by Gasteiger charge is -2.19. The molecule has 0 spiro atoms. The molecule has 0 saturated heterocycles. The molecule has 0 aliphatic carbocycles. The van der Waals surface area contributed by atoms with Crippen LogP contribution in [-0.2, 0) is 10.7 Å². The number of halogens is 3. The van der Waals surface area contributed by atoms with E-state index in [0.717, 1.165) is 9.86 Å². The monoisotopic (exact) mass is 356 g/mol. The Morgan fingerprint density at radius 2 is 1.76 bits per heavy atom. The summed E-state index contributed by atoms with van der Waals surface area (Å²) in [6.07, 6.45) is 0.0339. The summed E-state index contributed by atoms with van der Waals surface area (Å²) < 4.78 is 29.5. The van der Waals surface area contributed by atoms with E-state index < -0.39 is 11.9 Å². The lowest BCUT2D eigenvalue weighted by Crippen LogP contribution is -2.14. The Hall–Kier alpha value is -1.49. The Morgan fingerprint density at radius 3 is 2.43 bits per heavy atom. The van der Waals surface area contributed by atoms with E-state index in [9.17, 15) is 13.6 Å². The summed E-state index contributed by atoms with van der Waals surface area (Å²) in [5.74, 6) is -3.91. The van der Waals surface area contributed by atoms with Gasteiger partial charge in [0.05, 0.1) is 0 Å². The molecular formula is C16H15BrF2O2. The molecule has 2 aromatic carbocycles. The molecule has 0 aliphatic heterocycles. The maximum atomic E-state index is 14.4. The van der Waals surface area contributed by atoms with Gasteiger partial charge in [-0.1, -0.05) is 46.3 Å². The second-order valence-electron chi connectivity index (χ2n) is 4.95. The van der Waals surface area contributed by atoms with Gasteiger partial charge >= 0.3 is 5.97 Å². The van der Waals surface area contributed by atoms with Crippen LogP contribution in [0.5, 0.6) is 0 Å². The van der Waals surface area contributed by atoms with Crippen molar-refractivity contribution < 1.29 is 18.7 Å². The van der Waals surface area contributed by atoms with E-state index in [0.29, 0.717) is 5.39 Å². The zero-order valence-corrected chi connectivity index (χ0v) is 12.9. The van der Waals surface area contributed by atoms with Crippen molar-refractivity contribution in [3.05, 3.63) is 46.4 Å². The van der Waals surface area contributed by atoms with Gasteiger partial charge in [-0.15, -0.1) is 0 Å². The Morgan fingerprint density at radius 1 is 1.10 bits per heavy atom. The van der Waals surface area contributed by atoms with Crippen molar-refractivity contribution in [3.63, 3.8) is 0 Å². The minimum Gasteiger partial charge on any atom is -0.481 e. The number of alkyl halides is 2. The average Bonchev–Trinajstić information content (AvgIpc) is 2.44. The van der Waals surface area contributed by atoms with Crippen LogP contribution in [-0.4, -0.2) is 11.1 Å². The Labute approximate surface area is 129 Å². The number of carboxylic acids is 1. The van der Waals surface area contributed by atoms with Crippen molar-refractivity contribution in [2.45, 2.75) is 31.6 Å². The van der Waals surface area contributed by atoms with E-state index >= 15 is 0 Å². The van der Waals surface area contributed by atoms with Gasteiger partial charge in [0.2, 0.25) is 0 Å². The highest BCUT2D eigenvalue weighted by Crippen LogP contribution is 2.39. The molecule has 0 heterocycles. The van der Waals surface area contributed by atoms with Crippen LogP contribution < -0.4 is 0 Å². The molecule has 0 unspecified atom stereocenters. The fourth-order valence-corrected chi connectivity index (χ4v) is 2.82. The van der Waals surface area contributed by atoms with Crippen molar-refractivity contribution in [1.82, 2.24) is 0 Å². The Bertz CT molecular complexity index is 656. The zero-order valence-electron chi connectivity index (χ0n) is 11.3. The summed E-state index contributed by atoms with van der Waals surface area (Å²) >= 11 is 3.37. The minimum absolute atomic E-state index is 0.00312. The first kappa shape index (κ1) is 15.9. The van der Waals surface area contributed by atoms with E-state index in [1.54, 1.807) is 24.3 Å². The molecule has 0 saturated carbocycles. The predicted molar refractivity (Wildman–Crippen MR) is 81.6 cm³/mol. The Balaban J connectivity index is 2.23. The van der Waals surface area contributed by atoms with Crippen LogP contribution in [0.25, 0.3) is 10.8 Å². The molecule has 5 heteroatoms. The third-order valence-corrected chi connectivity index (χ3v) is 4.09. The molecule has 0 bridgehead atoms. The van der Waals surface area contributed by atoms with Crippen molar-refractivity contribution in [1.29, 1.82) is 0 Å². The molecule has 2 aromatic rings. The van der Waals surface area contributed by atoms with Crippen LogP contribution >= 0.6 is 15.9 Å². The predicted octanol–water partition coefficient (Wildman–Crippen LogP) is 5.34. The fraction of sp³-hybridized carbons (Fsp3) is 0.312. The van der Waals surface area contributed by atoms with Crippen molar-refractivity contribution in [2.24, 2.45) is 0 Å². The van der Waals surface area contributed by atoms with E-state index in [1.807, 2.05) is 6.07 Å². The first-order valence-corrected chi connectivity index (χ1v) is 7.48. The van der Waals surface area contributed by atoms with Gasteiger partial charge in [0.25, 0.3) is 5.92 Å². The third kappa shape index (κ3) is 3.79. The highest BCUT2D eigenvalue weighted by molar-refractivity contribution is 9.10. The van der Waals surface area contributed by atoms with Gasteiger partial charge < -0.3 is 5.11 Å². The molecular weight excluding hydrogens is 342 g/mol. The molecule has 112 valence electrons. The van der Waals surface area contributed by atoms with Gasteiger partial charge in [0, 0.05) is 22.9 Å². The summed E-state index contributed by atoms with van der Waals surface area (Å²) in [5, 5.41) is 9.81. The Kier molecular flexibility index (Phi) is 4.93. The number of rotatable bonds is 6. The van der Waals surface area contributed by atoms with Crippen LogP contribution in [0.4, 0.5) is 8.78 Å². The fourth-order valence-electron chi connectivity index (χ4n) is 2.34. The molecule has 2 nitrogen and oxygen atoms in total. The lowest BCUT2D eigenvalue weighted by atomic mass is 9.96. The van der Waals surface area contributed by atoms with Gasteiger partial charge in [0.1, 0.15) is 0 Å². The van der Waals surface area contributed by atoms with Gasteiger partial charge in [-0.25, -0.2) is 8.78 Å². The van der Waals surface area contributed by atoms with Crippen molar-refractivity contribution in [2.75, 3.05) is 0 Å². The molecule has 0 aromatic heterocycles. The largest absolute Gasteiger partial charge is 0.481 e. The summed E-state index contributed by atoms with van der Waals surface area (Å²) in [4.78, 5) is 10.4. The summed E-state index contributed by atoms with van der Waals surface area (Å²) in [7, 11) is 0. The lowest BCUT2D eigenvalue weighted by molar-refractivity contribution is -0.137. The quantitative estimate of drug-likeness (QED) is 0.709. The van der Waals surface area contributed by atoms with Gasteiger partial charge in [0.15, 0.2) is 0 Å². The topological polar surface area (TPSA) is 37.3 Å². The first-order valence-electron chi connectivity index (χ1n) is 6.69. The van der Waals surface area contributed by atoms with Crippen LogP contribution in [0.2, 0.25) is 0 Å². The smallest absolute Gasteiger partial charge is 0.303 e. The number of hydrogen-bond donors (Lipinski definition) is 1. The number of carbonyl (C=O) groups is 1. The van der Waals surface area contributed by atoms with Gasteiger partial charge in [-0.3, -0.25) is 4.79 Å². The van der Waals surface area contributed by atoms with Crippen LogP contribution in [0.3, 0.4) is 0 Å². The molecule has 21 heavy (non-hydrogen) atoms. The SMILES string of the molecule is O=C(O)CCCCC(F)(F)c1ccc(Br)c2ccccc12. The summed E-state index contributed by atoms with van der Waals surface area (Å²) in [6, 6.07) is 10.1. The summed E-state index contributed by atoms with van der Waals surface area (Å²) in [6.45, 7) is 0. The molecule has 0 radical (unpaired) electrons. The van der Waals surface area contributed by atoms with Crippen LogP contribution in [0.1, 0.15) is 31.2 Å². The number of carboxylic acid groups (broad SMARTS) is 1. The standard InChI is InChI=1S/C16H15BrF2O2/c17-14-9-8-13(11-5-1-2-6-12(11)14)16(18,19)10-4-3-7-15(20)21/h1-2,5-6,8-9H,3-4,7,10H2,(H,20,21). The second kappa shape index (κ2) is 6.52. The number of hydrogen-bond acceptors (Lipinski definition) is 1. The van der Waals surface area contributed by atoms with E-state index in [2.05, 4.69) is 15.9 Å². The highest BCUT2D eigenvalue weighted by atomic mass is 79.9. The molecule has 0 aliphatic rings. The zero-order chi connectivity index (χ0) is 15.5. The van der Waals surface area contributed by atoms with Crippen molar-refractivity contribution in [3.8, 4) is 0 Å². The molecule has 0 fully saturated rings. The number of aliphatic carboxylic acids is 1. The number of fused-ring (bicyclic) bond motifs is 1. The summed E-state index contributed by atoms with van der Waals surface area (Å²) in [5.41, 5.74) is -0.00312. The number of unbranched alkanes of at least 4 members (excludes halogenated alkanes) is 1. The maximum absolute atomic E-state index is 14.4. The van der Waals surface area contributed by atoms with E-state index in [4.69, 9.17) is 5.11 Å².